The number of amides is 1. The van der Waals surface area contributed by atoms with Gasteiger partial charge in [0.05, 0.1) is 28.4 Å². The smallest absolute Gasteiger partial charge is 0.255 e. The van der Waals surface area contributed by atoms with E-state index >= 15 is 0 Å². The van der Waals surface area contributed by atoms with Crippen LogP contribution in [0.15, 0.2) is 30.3 Å². The number of ether oxygens (including phenoxy) is 4. The summed E-state index contributed by atoms with van der Waals surface area (Å²) >= 11 is 0. The number of anilines is 1. The monoisotopic (exact) mass is 331 g/mol. The zero-order chi connectivity index (χ0) is 17.7. The molecule has 0 bridgehead atoms. The average Bonchev–Trinajstić information content (AvgIpc) is 2.61. The Bertz CT molecular complexity index is 717. The van der Waals surface area contributed by atoms with Crippen LogP contribution in [-0.2, 0) is 0 Å². The number of methoxy groups -OCH3 is 4. The molecule has 0 saturated heterocycles. The van der Waals surface area contributed by atoms with Crippen molar-refractivity contribution in [2.45, 2.75) is 6.92 Å². The van der Waals surface area contributed by atoms with E-state index in [1.165, 1.54) is 21.3 Å². The Kier molecular flexibility index (Phi) is 5.52. The molecule has 0 spiro atoms. The third kappa shape index (κ3) is 3.53. The lowest BCUT2D eigenvalue weighted by Crippen LogP contribution is -2.12. The molecule has 0 saturated carbocycles. The summed E-state index contributed by atoms with van der Waals surface area (Å²) in [5, 5.41) is 2.83. The number of hydrogen-bond acceptors (Lipinski definition) is 5. The van der Waals surface area contributed by atoms with Gasteiger partial charge in [0.1, 0.15) is 5.75 Å². The molecule has 2 aromatic carbocycles. The molecule has 24 heavy (non-hydrogen) atoms. The molecule has 6 nitrogen and oxygen atoms in total. The number of carbonyl (C=O) groups excluding carboxylic acids is 1. The summed E-state index contributed by atoms with van der Waals surface area (Å²) in [4.78, 5) is 12.5. The van der Waals surface area contributed by atoms with Gasteiger partial charge in [-0.05, 0) is 30.7 Å². The lowest BCUT2D eigenvalue weighted by Gasteiger charge is -2.14. The molecule has 0 radical (unpaired) electrons. The Morgan fingerprint density at radius 3 is 1.92 bits per heavy atom. The number of rotatable bonds is 6. The van der Waals surface area contributed by atoms with E-state index in [0.717, 1.165) is 5.56 Å². The first-order chi connectivity index (χ1) is 11.5. The minimum atomic E-state index is -0.292. The van der Waals surface area contributed by atoms with Gasteiger partial charge in [-0.25, -0.2) is 0 Å². The van der Waals surface area contributed by atoms with Crippen LogP contribution in [-0.4, -0.2) is 34.3 Å². The maximum absolute atomic E-state index is 12.5. The predicted molar refractivity (Wildman–Crippen MR) is 91.8 cm³/mol. The topological polar surface area (TPSA) is 66.0 Å². The third-order valence-corrected chi connectivity index (χ3v) is 3.59. The number of carbonyl (C=O) groups is 1. The van der Waals surface area contributed by atoms with E-state index in [1.807, 2.05) is 19.1 Å². The first-order valence-electron chi connectivity index (χ1n) is 7.30. The lowest BCUT2D eigenvalue weighted by atomic mass is 10.1. The van der Waals surface area contributed by atoms with Crippen molar-refractivity contribution in [2.75, 3.05) is 33.8 Å². The standard InChI is InChI=1S/C18H21NO5/c1-11-6-7-13(10-14(11)21-2)19-18(20)12-8-15(22-3)17(24-5)16(9-12)23-4/h6-10H,1-5H3,(H,19,20). The highest BCUT2D eigenvalue weighted by Crippen LogP contribution is 2.38. The van der Waals surface area contributed by atoms with Gasteiger partial charge in [0.15, 0.2) is 11.5 Å². The van der Waals surface area contributed by atoms with Crippen molar-refractivity contribution >= 4 is 11.6 Å². The van der Waals surface area contributed by atoms with E-state index in [0.29, 0.717) is 34.2 Å². The van der Waals surface area contributed by atoms with E-state index in [2.05, 4.69) is 5.32 Å². The minimum absolute atomic E-state index is 0.292. The molecule has 0 atom stereocenters. The fourth-order valence-corrected chi connectivity index (χ4v) is 2.31. The molecule has 0 aliphatic carbocycles. The second kappa shape index (κ2) is 7.59. The highest BCUT2D eigenvalue weighted by Gasteiger charge is 2.17. The predicted octanol–water partition coefficient (Wildman–Crippen LogP) is 3.28. The zero-order valence-electron chi connectivity index (χ0n) is 14.4. The van der Waals surface area contributed by atoms with Gasteiger partial charge in [-0.15, -0.1) is 0 Å². The molecular weight excluding hydrogens is 310 g/mol. The van der Waals surface area contributed by atoms with Gasteiger partial charge in [-0.2, -0.15) is 0 Å². The summed E-state index contributed by atoms with van der Waals surface area (Å²) in [7, 11) is 6.11. The van der Waals surface area contributed by atoms with Gasteiger partial charge in [0, 0.05) is 17.3 Å². The normalized spacial score (nSPS) is 10.0. The maximum Gasteiger partial charge on any atom is 0.255 e. The number of hydrogen-bond donors (Lipinski definition) is 1. The second-order valence-electron chi connectivity index (χ2n) is 5.05. The summed E-state index contributed by atoms with van der Waals surface area (Å²) in [5.74, 6) is 1.69. The molecule has 1 amide bonds. The van der Waals surface area contributed by atoms with Crippen LogP contribution in [0, 0.1) is 6.92 Å². The minimum Gasteiger partial charge on any atom is -0.496 e. The molecule has 0 fully saturated rings. The molecule has 0 aromatic heterocycles. The van der Waals surface area contributed by atoms with Gasteiger partial charge in [-0.1, -0.05) is 6.07 Å². The highest BCUT2D eigenvalue weighted by atomic mass is 16.5. The van der Waals surface area contributed by atoms with Crippen LogP contribution in [0.5, 0.6) is 23.0 Å². The molecule has 6 heteroatoms. The first kappa shape index (κ1) is 17.5. The SMILES string of the molecule is COc1cc(NC(=O)c2cc(OC)c(OC)c(OC)c2)ccc1C. The zero-order valence-corrected chi connectivity index (χ0v) is 14.4. The second-order valence-corrected chi connectivity index (χ2v) is 5.05. The molecule has 128 valence electrons. The maximum atomic E-state index is 12.5. The lowest BCUT2D eigenvalue weighted by molar-refractivity contribution is 0.102. The van der Waals surface area contributed by atoms with Crippen LogP contribution in [0.25, 0.3) is 0 Å². The van der Waals surface area contributed by atoms with Crippen molar-refractivity contribution in [1.29, 1.82) is 0 Å². The van der Waals surface area contributed by atoms with Crippen LogP contribution in [0.2, 0.25) is 0 Å². The molecule has 1 N–H and O–H groups in total. The van der Waals surface area contributed by atoms with Crippen molar-refractivity contribution < 1.29 is 23.7 Å². The number of aryl methyl sites for hydroxylation is 1. The quantitative estimate of drug-likeness (QED) is 0.880. The van der Waals surface area contributed by atoms with Gasteiger partial charge >= 0.3 is 0 Å². The van der Waals surface area contributed by atoms with E-state index in [1.54, 1.807) is 25.3 Å². The summed E-state index contributed by atoms with van der Waals surface area (Å²) in [6, 6.07) is 8.66. The van der Waals surface area contributed by atoms with Crippen LogP contribution >= 0.6 is 0 Å². The molecule has 0 heterocycles. The van der Waals surface area contributed by atoms with Gasteiger partial charge in [0.2, 0.25) is 5.75 Å². The summed E-state index contributed by atoms with van der Waals surface area (Å²) < 4.78 is 21.1. The largest absolute Gasteiger partial charge is 0.496 e. The Balaban J connectivity index is 2.33. The third-order valence-electron chi connectivity index (χ3n) is 3.59. The molecule has 0 aliphatic heterocycles. The Morgan fingerprint density at radius 2 is 1.42 bits per heavy atom. The van der Waals surface area contributed by atoms with E-state index < -0.39 is 0 Å². The Morgan fingerprint density at radius 1 is 0.833 bits per heavy atom. The fraction of sp³-hybridized carbons (Fsp3) is 0.278. The van der Waals surface area contributed by atoms with Crippen molar-refractivity contribution in [1.82, 2.24) is 0 Å². The average molecular weight is 331 g/mol. The molecule has 0 unspecified atom stereocenters. The number of benzene rings is 2. The highest BCUT2D eigenvalue weighted by molar-refractivity contribution is 6.05. The molecule has 0 aliphatic rings. The van der Waals surface area contributed by atoms with E-state index in [9.17, 15) is 4.79 Å². The van der Waals surface area contributed by atoms with Crippen molar-refractivity contribution in [3.8, 4) is 23.0 Å². The number of nitrogens with one attached hydrogen (secondary N) is 1. The van der Waals surface area contributed by atoms with Crippen LogP contribution in [0.3, 0.4) is 0 Å². The van der Waals surface area contributed by atoms with E-state index in [4.69, 9.17) is 18.9 Å². The summed E-state index contributed by atoms with van der Waals surface area (Å²) in [6.45, 7) is 1.93. The fourth-order valence-electron chi connectivity index (χ4n) is 2.31. The van der Waals surface area contributed by atoms with Crippen LogP contribution in [0.1, 0.15) is 15.9 Å². The van der Waals surface area contributed by atoms with Crippen molar-refractivity contribution in [3.05, 3.63) is 41.5 Å². The first-order valence-corrected chi connectivity index (χ1v) is 7.30. The van der Waals surface area contributed by atoms with Gasteiger partial charge in [0.25, 0.3) is 5.91 Å². The van der Waals surface area contributed by atoms with Crippen LogP contribution < -0.4 is 24.3 Å². The Labute approximate surface area is 141 Å². The van der Waals surface area contributed by atoms with E-state index in [-0.39, 0.29) is 5.91 Å². The van der Waals surface area contributed by atoms with Crippen LogP contribution in [0.4, 0.5) is 5.69 Å². The van der Waals surface area contributed by atoms with Gasteiger partial charge < -0.3 is 24.3 Å². The molecular formula is C18H21NO5. The summed E-state index contributed by atoms with van der Waals surface area (Å²) in [5.41, 5.74) is 2.02. The van der Waals surface area contributed by atoms with Gasteiger partial charge in [-0.3, -0.25) is 4.79 Å². The van der Waals surface area contributed by atoms with Crippen molar-refractivity contribution in [3.63, 3.8) is 0 Å². The van der Waals surface area contributed by atoms with Crippen molar-refractivity contribution in [2.24, 2.45) is 0 Å². The Hall–Kier alpha value is -2.89. The molecule has 2 rings (SSSR count). The summed E-state index contributed by atoms with van der Waals surface area (Å²) in [6.07, 6.45) is 0. The molecule has 2 aromatic rings.